The average molecular weight is 382 g/mol. The van der Waals surface area contributed by atoms with Gasteiger partial charge < -0.3 is 9.73 Å². The van der Waals surface area contributed by atoms with Gasteiger partial charge in [0, 0.05) is 23.2 Å². The summed E-state index contributed by atoms with van der Waals surface area (Å²) in [6.07, 6.45) is 5.37. The van der Waals surface area contributed by atoms with Crippen molar-refractivity contribution >= 4 is 11.6 Å². The van der Waals surface area contributed by atoms with E-state index in [1.165, 1.54) is 5.56 Å². The van der Waals surface area contributed by atoms with Gasteiger partial charge in [0.1, 0.15) is 17.1 Å². The fourth-order valence-electron chi connectivity index (χ4n) is 3.90. The molecule has 1 N–H and O–H groups in total. The summed E-state index contributed by atoms with van der Waals surface area (Å²) in [6.45, 7) is 3.93. The van der Waals surface area contributed by atoms with E-state index < -0.39 is 23.1 Å². The molecule has 2 aromatic heterocycles. The second kappa shape index (κ2) is 7.19. The highest BCUT2D eigenvalue weighted by Gasteiger charge is 2.24. The predicted octanol–water partition coefficient (Wildman–Crippen LogP) is 5.23. The number of hydrogen-bond donors (Lipinski definition) is 1. The first kappa shape index (κ1) is 18.3. The van der Waals surface area contributed by atoms with Crippen molar-refractivity contribution in [3.05, 3.63) is 70.4 Å². The molecule has 0 bridgehead atoms. The van der Waals surface area contributed by atoms with Gasteiger partial charge in [0.15, 0.2) is 11.6 Å². The van der Waals surface area contributed by atoms with E-state index in [-0.39, 0.29) is 0 Å². The number of nitrogens with zero attached hydrogens (tertiary/aromatic N) is 1. The van der Waals surface area contributed by atoms with Gasteiger partial charge in [0.05, 0.1) is 12.4 Å². The van der Waals surface area contributed by atoms with Gasteiger partial charge in [-0.1, -0.05) is 13.0 Å². The van der Waals surface area contributed by atoms with Gasteiger partial charge in [-0.05, 0) is 49.4 Å². The predicted molar refractivity (Wildman–Crippen MR) is 102 cm³/mol. The maximum absolute atomic E-state index is 13.8. The number of aromatic nitrogens is 1. The Morgan fingerprint density at radius 2 is 1.96 bits per heavy atom. The summed E-state index contributed by atoms with van der Waals surface area (Å²) >= 11 is 0. The van der Waals surface area contributed by atoms with Crippen LogP contribution in [0.4, 0.5) is 14.5 Å². The molecule has 1 aliphatic carbocycles. The first-order valence-electron chi connectivity index (χ1n) is 9.34. The minimum Gasteiger partial charge on any atom is -0.465 e. The number of nitrogens with one attached hydrogen (secondary N) is 1. The van der Waals surface area contributed by atoms with E-state index in [0.717, 1.165) is 59.9 Å². The van der Waals surface area contributed by atoms with Crippen molar-refractivity contribution in [2.45, 2.75) is 39.5 Å². The third-order valence-electron chi connectivity index (χ3n) is 5.20. The van der Waals surface area contributed by atoms with Crippen molar-refractivity contribution in [2.75, 3.05) is 5.32 Å². The van der Waals surface area contributed by atoms with Crippen molar-refractivity contribution in [2.24, 2.45) is 0 Å². The van der Waals surface area contributed by atoms with Crippen LogP contribution in [0.15, 0.2) is 35.0 Å². The van der Waals surface area contributed by atoms with E-state index in [0.29, 0.717) is 12.1 Å². The van der Waals surface area contributed by atoms with Crippen LogP contribution in [0.1, 0.15) is 46.3 Å². The quantitative estimate of drug-likeness (QED) is 0.672. The summed E-state index contributed by atoms with van der Waals surface area (Å²) in [7, 11) is 0. The summed E-state index contributed by atoms with van der Waals surface area (Å²) in [5.74, 6) is -0.857. The summed E-state index contributed by atoms with van der Waals surface area (Å²) in [5, 5.41) is 2.63. The molecule has 4 rings (SSSR count). The van der Waals surface area contributed by atoms with Crippen LogP contribution >= 0.6 is 0 Å². The summed E-state index contributed by atoms with van der Waals surface area (Å²) in [5.41, 5.74) is 4.19. The first-order chi connectivity index (χ1) is 13.5. The van der Waals surface area contributed by atoms with Gasteiger partial charge in [-0.3, -0.25) is 9.78 Å². The molecule has 0 aliphatic heterocycles. The average Bonchev–Trinajstić information content (AvgIpc) is 3.22. The van der Waals surface area contributed by atoms with Crippen LogP contribution in [0.2, 0.25) is 0 Å². The Morgan fingerprint density at radius 1 is 1.21 bits per heavy atom. The number of amides is 1. The molecule has 1 aliphatic rings. The lowest BCUT2D eigenvalue weighted by Crippen LogP contribution is -2.17. The van der Waals surface area contributed by atoms with Crippen LogP contribution in [-0.4, -0.2) is 10.9 Å². The first-order valence-corrected chi connectivity index (χ1v) is 9.34. The van der Waals surface area contributed by atoms with E-state index in [1.54, 1.807) is 6.07 Å². The van der Waals surface area contributed by atoms with Gasteiger partial charge in [0.25, 0.3) is 5.91 Å². The lowest BCUT2D eigenvalue weighted by Gasteiger charge is -2.13. The van der Waals surface area contributed by atoms with Crippen LogP contribution in [-0.2, 0) is 19.3 Å². The number of halogens is 2. The molecule has 0 spiro atoms. The second-order valence-corrected chi connectivity index (χ2v) is 6.95. The number of pyridine rings is 1. The summed E-state index contributed by atoms with van der Waals surface area (Å²) < 4.78 is 33.6. The van der Waals surface area contributed by atoms with Gasteiger partial charge in [-0.25, -0.2) is 8.78 Å². The van der Waals surface area contributed by atoms with Crippen molar-refractivity contribution in [3.8, 4) is 11.1 Å². The zero-order chi connectivity index (χ0) is 19.8. The molecule has 6 heteroatoms. The van der Waals surface area contributed by atoms with E-state index in [2.05, 4.69) is 10.3 Å². The Labute approximate surface area is 161 Å². The van der Waals surface area contributed by atoms with Crippen molar-refractivity contribution in [1.29, 1.82) is 0 Å². The maximum atomic E-state index is 13.8. The summed E-state index contributed by atoms with van der Waals surface area (Å²) in [6, 6.07) is 5.69. The molecule has 1 amide bonds. The zero-order valence-corrected chi connectivity index (χ0v) is 15.7. The minimum atomic E-state index is -0.989. The Balaban J connectivity index is 1.68. The normalized spacial score (nSPS) is 12.9. The van der Waals surface area contributed by atoms with Gasteiger partial charge >= 0.3 is 0 Å². The number of benzene rings is 1. The molecule has 2 heterocycles. The topological polar surface area (TPSA) is 55.1 Å². The zero-order valence-electron chi connectivity index (χ0n) is 15.7. The van der Waals surface area contributed by atoms with Crippen LogP contribution < -0.4 is 5.32 Å². The largest absolute Gasteiger partial charge is 0.465 e. The maximum Gasteiger partial charge on any atom is 0.261 e. The van der Waals surface area contributed by atoms with Gasteiger partial charge in [0.2, 0.25) is 0 Å². The number of carbonyl (C=O) groups excluding carboxylic acids is 1. The third kappa shape index (κ3) is 3.09. The van der Waals surface area contributed by atoms with Crippen molar-refractivity contribution < 1.29 is 18.0 Å². The van der Waals surface area contributed by atoms with E-state index >= 15 is 0 Å². The summed E-state index contributed by atoms with van der Waals surface area (Å²) in [4.78, 5) is 15.8. The van der Waals surface area contributed by atoms with Gasteiger partial charge in [-0.2, -0.15) is 0 Å². The highest BCUT2D eigenvalue weighted by Crippen LogP contribution is 2.38. The van der Waals surface area contributed by atoms with Crippen molar-refractivity contribution in [3.63, 3.8) is 0 Å². The third-order valence-corrected chi connectivity index (χ3v) is 5.20. The molecule has 28 heavy (non-hydrogen) atoms. The van der Waals surface area contributed by atoms with Gasteiger partial charge in [-0.15, -0.1) is 0 Å². The lowest BCUT2D eigenvalue weighted by molar-refractivity contribution is 0.101. The monoisotopic (exact) mass is 382 g/mol. The van der Waals surface area contributed by atoms with Crippen LogP contribution in [0, 0.1) is 18.6 Å². The molecule has 4 nitrogen and oxygen atoms in total. The Bertz CT molecular complexity index is 1050. The highest BCUT2D eigenvalue weighted by molar-refractivity contribution is 6.05. The number of fused-ring (bicyclic) bond motifs is 1. The number of carbonyl (C=O) groups is 1. The molecule has 0 fully saturated rings. The fraction of sp³-hybridized carbons (Fsp3) is 0.273. The Morgan fingerprint density at radius 3 is 2.68 bits per heavy atom. The highest BCUT2D eigenvalue weighted by atomic mass is 19.1. The van der Waals surface area contributed by atoms with E-state index in [9.17, 15) is 13.6 Å². The van der Waals surface area contributed by atoms with Crippen molar-refractivity contribution in [1.82, 2.24) is 4.98 Å². The van der Waals surface area contributed by atoms with E-state index in [4.69, 9.17) is 4.42 Å². The van der Waals surface area contributed by atoms with Crippen LogP contribution in [0.25, 0.3) is 11.1 Å². The molecule has 3 aromatic rings. The number of hydrogen-bond acceptors (Lipinski definition) is 3. The standard InChI is InChI=1S/C22H20F2N2O2/c1-3-13-9-14(20-12(2)28-19-6-4-5-15(19)20)7-8-18(13)26-22(27)21-16(23)10-25-11-17(21)24/h7-11H,3-6H2,1-2H3,(H,26,27). The number of rotatable bonds is 4. The molecule has 0 unspecified atom stereocenters. The molecule has 144 valence electrons. The molecule has 0 atom stereocenters. The minimum absolute atomic E-state index is 0.532. The number of anilines is 1. The number of aryl methyl sites for hydroxylation is 3. The SMILES string of the molecule is CCc1cc(-c2c(C)oc3c2CCC3)ccc1NC(=O)c1c(F)cncc1F. The smallest absolute Gasteiger partial charge is 0.261 e. The Hall–Kier alpha value is -3.02. The lowest BCUT2D eigenvalue weighted by atomic mass is 9.97. The van der Waals surface area contributed by atoms with E-state index in [1.807, 2.05) is 26.0 Å². The Kier molecular flexibility index (Phi) is 4.71. The molecule has 0 saturated heterocycles. The molecular formula is C22H20F2N2O2. The fourth-order valence-corrected chi connectivity index (χ4v) is 3.90. The molecule has 1 aromatic carbocycles. The van der Waals surface area contributed by atoms with Crippen LogP contribution in [0.5, 0.6) is 0 Å². The second-order valence-electron chi connectivity index (χ2n) is 6.95. The molecule has 0 saturated carbocycles. The van der Waals surface area contributed by atoms with Crippen LogP contribution in [0.3, 0.4) is 0 Å². The number of furan rings is 1. The molecular weight excluding hydrogens is 362 g/mol. The molecule has 0 radical (unpaired) electrons.